The van der Waals surface area contributed by atoms with Crippen LogP contribution < -0.4 is 5.32 Å². The van der Waals surface area contributed by atoms with Gasteiger partial charge in [0, 0.05) is 18.3 Å². The molecule has 2 aromatic rings. The smallest absolute Gasteiger partial charge is 0.407 e. The molecule has 5 nitrogen and oxygen atoms in total. The minimum atomic E-state index is -0.385. The van der Waals surface area contributed by atoms with Gasteiger partial charge in [-0.25, -0.2) is 14.8 Å². The Kier molecular flexibility index (Phi) is 6.35. The third-order valence-electron chi connectivity index (χ3n) is 3.42. The first kappa shape index (κ1) is 17.2. The third kappa shape index (κ3) is 5.21. The molecule has 1 N–H and O–H groups in total. The van der Waals surface area contributed by atoms with Crippen molar-refractivity contribution in [3.8, 4) is 11.3 Å². The second-order valence-electron chi connectivity index (χ2n) is 5.20. The van der Waals surface area contributed by atoms with Gasteiger partial charge in [-0.05, 0) is 48.2 Å². The first-order valence-electron chi connectivity index (χ1n) is 7.59. The van der Waals surface area contributed by atoms with Gasteiger partial charge in [-0.2, -0.15) is 0 Å². The molecule has 2 rings (SSSR count). The maximum Gasteiger partial charge on any atom is 0.407 e. The molecule has 6 heteroatoms. The van der Waals surface area contributed by atoms with Crippen LogP contribution in [0, 0.1) is 6.92 Å². The quantitative estimate of drug-likeness (QED) is 0.637. The Hall–Kier alpha value is -2.14. The van der Waals surface area contributed by atoms with E-state index >= 15 is 0 Å². The Morgan fingerprint density at radius 3 is 2.87 bits per heavy atom. The number of halogens is 1. The number of nitrogens with zero attached hydrogens (tertiary/aromatic N) is 2. The number of aromatic nitrogens is 2. The zero-order valence-corrected chi connectivity index (χ0v) is 14.1. The van der Waals surface area contributed by atoms with E-state index in [-0.39, 0.29) is 11.4 Å². The number of aryl methyl sites for hydroxylation is 1. The van der Waals surface area contributed by atoms with Crippen molar-refractivity contribution < 1.29 is 9.53 Å². The van der Waals surface area contributed by atoms with E-state index < -0.39 is 0 Å². The van der Waals surface area contributed by atoms with Gasteiger partial charge in [0.15, 0.2) is 0 Å². The van der Waals surface area contributed by atoms with Gasteiger partial charge in [0.25, 0.3) is 0 Å². The van der Waals surface area contributed by atoms with Crippen molar-refractivity contribution in [1.29, 1.82) is 0 Å². The summed E-state index contributed by atoms with van der Waals surface area (Å²) < 4.78 is 5.07. The lowest BCUT2D eigenvalue weighted by atomic mass is 10.0. The number of carbonyl (C=O) groups excluding carboxylic acids is 1. The van der Waals surface area contributed by atoms with E-state index in [1.54, 1.807) is 6.20 Å². The topological polar surface area (TPSA) is 64.1 Å². The number of unbranched alkanes of at least 4 members (excludes halogenated alkanes) is 1. The van der Waals surface area contributed by atoms with Crippen molar-refractivity contribution in [1.82, 2.24) is 15.3 Å². The van der Waals surface area contributed by atoms with Crippen LogP contribution in [-0.2, 0) is 11.3 Å². The summed E-state index contributed by atoms with van der Waals surface area (Å²) in [5.74, 6) is 0. The second-order valence-corrected chi connectivity index (χ2v) is 5.53. The fourth-order valence-corrected chi connectivity index (χ4v) is 2.22. The number of hydrogen-bond donors (Lipinski definition) is 1. The van der Waals surface area contributed by atoms with Crippen LogP contribution in [0.1, 0.15) is 30.9 Å². The average molecular weight is 334 g/mol. The summed E-state index contributed by atoms with van der Waals surface area (Å²) >= 11 is 5.82. The molecule has 0 spiro atoms. The van der Waals surface area contributed by atoms with Crippen LogP contribution in [0.25, 0.3) is 11.3 Å². The molecule has 0 aliphatic rings. The molecule has 0 saturated heterocycles. The molecular weight excluding hydrogens is 314 g/mol. The van der Waals surface area contributed by atoms with Gasteiger partial charge in [0.2, 0.25) is 5.28 Å². The zero-order valence-electron chi connectivity index (χ0n) is 13.3. The van der Waals surface area contributed by atoms with Crippen molar-refractivity contribution in [3.63, 3.8) is 0 Å². The maximum atomic E-state index is 11.6. The van der Waals surface area contributed by atoms with Crippen molar-refractivity contribution in [3.05, 3.63) is 46.9 Å². The summed E-state index contributed by atoms with van der Waals surface area (Å²) in [5, 5.41) is 2.98. The minimum Gasteiger partial charge on any atom is -0.450 e. The lowest BCUT2D eigenvalue weighted by Crippen LogP contribution is -2.24. The standard InChI is InChI=1S/C17H20ClN3O2/c1-3-4-9-23-17(22)20-11-14-6-5-13(10-12(14)2)15-7-8-19-16(18)21-15/h5-8,10H,3-4,9,11H2,1-2H3,(H,20,22). The van der Waals surface area contributed by atoms with Gasteiger partial charge >= 0.3 is 6.09 Å². The number of benzene rings is 1. The van der Waals surface area contributed by atoms with Crippen LogP contribution in [0.5, 0.6) is 0 Å². The molecule has 0 bridgehead atoms. The Bertz CT molecular complexity index is 677. The fraction of sp³-hybridized carbons (Fsp3) is 0.353. The molecule has 23 heavy (non-hydrogen) atoms. The Morgan fingerprint density at radius 2 is 2.17 bits per heavy atom. The van der Waals surface area contributed by atoms with Gasteiger partial charge in [-0.3, -0.25) is 0 Å². The highest BCUT2D eigenvalue weighted by molar-refractivity contribution is 6.28. The molecular formula is C17H20ClN3O2. The normalized spacial score (nSPS) is 10.4. The summed E-state index contributed by atoms with van der Waals surface area (Å²) in [6.07, 6.45) is 3.12. The summed E-state index contributed by atoms with van der Waals surface area (Å²) in [7, 11) is 0. The van der Waals surface area contributed by atoms with Gasteiger partial charge < -0.3 is 10.1 Å². The second kappa shape index (κ2) is 8.48. The number of carbonyl (C=O) groups is 1. The van der Waals surface area contributed by atoms with Crippen LogP contribution in [0.4, 0.5) is 4.79 Å². The van der Waals surface area contributed by atoms with E-state index in [0.29, 0.717) is 13.2 Å². The van der Waals surface area contributed by atoms with Gasteiger partial charge in [-0.1, -0.05) is 25.5 Å². The van der Waals surface area contributed by atoms with Crippen LogP contribution in [-0.4, -0.2) is 22.7 Å². The summed E-state index contributed by atoms with van der Waals surface area (Å²) in [6.45, 7) is 4.93. The molecule has 0 aliphatic heterocycles. The molecule has 0 fully saturated rings. The Morgan fingerprint density at radius 1 is 1.35 bits per heavy atom. The van der Waals surface area contributed by atoms with E-state index in [0.717, 1.165) is 35.2 Å². The van der Waals surface area contributed by atoms with Crippen LogP contribution in [0.3, 0.4) is 0 Å². The Labute approximate surface area is 141 Å². The van der Waals surface area contributed by atoms with Crippen molar-refractivity contribution >= 4 is 17.7 Å². The van der Waals surface area contributed by atoms with Crippen LogP contribution >= 0.6 is 11.6 Å². The van der Waals surface area contributed by atoms with E-state index in [2.05, 4.69) is 22.2 Å². The molecule has 1 aromatic heterocycles. The maximum absolute atomic E-state index is 11.6. The highest BCUT2D eigenvalue weighted by atomic mass is 35.5. The average Bonchev–Trinajstić information content (AvgIpc) is 2.54. The molecule has 0 unspecified atom stereocenters. The predicted octanol–water partition coefficient (Wildman–Crippen LogP) is 4.13. The van der Waals surface area contributed by atoms with Crippen LogP contribution in [0.15, 0.2) is 30.5 Å². The van der Waals surface area contributed by atoms with Gasteiger partial charge in [0.1, 0.15) is 0 Å². The van der Waals surface area contributed by atoms with Gasteiger partial charge in [-0.15, -0.1) is 0 Å². The monoisotopic (exact) mass is 333 g/mol. The molecule has 122 valence electrons. The molecule has 0 radical (unpaired) electrons. The predicted molar refractivity (Wildman–Crippen MR) is 90.3 cm³/mol. The van der Waals surface area contributed by atoms with E-state index in [1.807, 2.05) is 31.2 Å². The number of rotatable bonds is 6. The van der Waals surface area contributed by atoms with Crippen molar-refractivity contribution in [2.45, 2.75) is 33.2 Å². The lowest BCUT2D eigenvalue weighted by molar-refractivity contribution is 0.144. The van der Waals surface area contributed by atoms with Crippen molar-refractivity contribution in [2.24, 2.45) is 0 Å². The first-order valence-corrected chi connectivity index (χ1v) is 7.97. The molecule has 1 aromatic carbocycles. The molecule has 1 amide bonds. The summed E-state index contributed by atoms with van der Waals surface area (Å²) in [5.41, 5.74) is 3.82. The Balaban J connectivity index is 1.98. The number of ether oxygens (including phenoxy) is 1. The SMILES string of the molecule is CCCCOC(=O)NCc1ccc(-c2ccnc(Cl)n2)cc1C. The minimum absolute atomic E-state index is 0.223. The summed E-state index contributed by atoms with van der Waals surface area (Å²) in [4.78, 5) is 19.6. The molecule has 0 saturated carbocycles. The number of alkyl carbamates (subject to hydrolysis) is 1. The third-order valence-corrected chi connectivity index (χ3v) is 3.60. The lowest BCUT2D eigenvalue weighted by Gasteiger charge is -2.10. The number of nitrogens with one attached hydrogen (secondary N) is 1. The van der Waals surface area contributed by atoms with Crippen molar-refractivity contribution in [2.75, 3.05) is 6.61 Å². The number of hydrogen-bond acceptors (Lipinski definition) is 4. The number of amides is 1. The van der Waals surface area contributed by atoms with Gasteiger partial charge in [0.05, 0.1) is 12.3 Å². The van der Waals surface area contributed by atoms with E-state index in [1.165, 1.54) is 0 Å². The molecule has 1 heterocycles. The highest BCUT2D eigenvalue weighted by Gasteiger charge is 2.06. The van der Waals surface area contributed by atoms with E-state index in [4.69, 9.17) is 16.3 Å². The molecule has 0 aliphatic carbocycles. The van der Waals surface area contributed by atoms with E-state index in [9.17, 15) is 4.79 Å². The first-order chi connectivity index (χ1) is 11.1. The summed E-state index contributed by atoms with van der Waals surface area (Å²) in [6, 6.07) is 7.74. The highest BCUT2D eigenvalue weighted by Crippen LogP contribution is 2.21. The van der Waals surface area contributed by atoms with Crippen LogP contribution in [0.2, 0.25) is 5.28 Å². The fourth-order valence-electron chi connectivity index (χ4n) is 2.08. The molecule has 0 atom stereocenters. The zero-order chi connectivity index (χ0) is 16.7. The largest absolute Gasteiger partial charge is 0.450 e.